The highest BCUT2D eigenvalue weighted by molar-refractivity contribution is 7.90. The van der Waals surface area contributed by atoms with Crippen molar-refractivity contribution in [1.29, 1.82) is 0 Å². The number of aromatic nitrogens is 4. The van der Waals surface area contributed by atoms with Gasteiger partial charge in [0, 0.05) is 30.9 Å². The molecular weight excluding hydrogens is 488 g/mol. The number of aryl methyl sites for hydroxylation is 1. The van der Waals surface area contributed by atoms with Crippen molar-refractivity contribution in [3.63, 3.8) is 0 Å². The Kier molecular flexibility index (Phi) is 4.64. The molecule has 4 aliphatic rings. The topological polar surface area (TPSA) is 96.3 Å². The number of H-pyrrole nitrogens is 1. The second-order valence-electron chi connectivity index (χ2n) is 11.1. The van der Waals surface area contributed by atoms with Crippen molar-refractivity contribution in [2.75, 3.05) is 30.6 Å². The number of ether oxygens (including phenoxy) is 1. The van der Waals surface area contributed by atoms with Gasteiger partial charge in [0.05, 0.1) is 48.4 Å². The van der Waals surface area contributed by atoms with Crippen LogP contribution in [0.4, 0.5) is 5.69 Å². The van der Waals surface area contributed by atoms with Gasteiger partial charge in [-0.25, -0.2) is 4.31 Å². The first-order chi connectivity index (χ1) is 18.0. The summed E-state index contributed by atoms with van der Waals surface area (Å²) in [5.41, 5.74) is 5.05. The molecule has 5 atom stereocenters. The molecule has 3 fully saturated rings. The molecule has 2 unspecified atom stereocenters. The minimum Gasteiger partial charge on any atom is -0.379 e. The van der Waals surface area contributed by atoms with E-state index in [0.717, 1.165) is 33.1 Å². The van der Waals surface area contributed by atoms with Gasteiger partial charge in [0.2, 0.25) is 0 Å². The summed E-state index contributed by atoms with van der Waals surface area (Å²) in [5.74, 6) is 1.62. The number of aromatic amines is 1. The molecule has 37 heavy (non-hydrogen) atoms. The number of fused-ring (bicyclic) bond motifs is 10. The summed E-state index contributed by atoms with van der Waals surface area (Å²) in [6.07, 6.45) is 7.31. The number of nitrogens with one attached hydrogen (secondary N) is 1. The van der Waals surface area contributed by atoms with E-state index < -0.39 is 10.2 Å². The van der Waals surface area contributed by atoms with Crippen LogP contribution in [-0.4, -0.2) is 59.0 Å². The van der Waals surface area contributed by atoms with Crippen LogP contribution in [0.15, 0.2) is 42.7 Å². The number of hydrogen-bond acceptors (Lipinski definition) is 5. The van der Waals surface area contributed by atoms with Gasteiger partial charge in [-0.1, -0.05) is 6.07 Å². The van der Waals surface area contributed by atoms with Crippen molar-refractivity contribution in [2.24, 2.45) is 24.8 Å². The summed E-state index contributed by atoms with van der Waals surface area (Å²) >= 11 is 0. The maximum atomic E-state index is 14.6. The Morgan fingerprint density at radius 3 is 2.76 bits per heavy atom. The number of nitrogens with zero attached hydrogens (tertiary/aromatic N) is 5. The van der Waals surface area contributed by atoms with E-state index in [9.17, 15) is 8.42 Å². The Labute approximate surface area is 215 Å². The number of anilines is 1. The predicted octanol–water partition coefficient (Wildman–Crippen LogP) is 3.72. The van der Waals surface area contributed by atoms with Gasteiger partial charge >= 0.3 is 10.2 Å². The maximum Gasteiger partial charge on any atom is 0.304 e. The molecule has 9 nitrogen and oxygen atoms in total. The highest BCUT2D eigenvalue weighted by atomic mass is 32.2. The van der Waals surface area contributed by atoms with Gasteiger partial charge in [0.1, 0.15) is 0 Å². The highest BCUT2D eigenvalue weighted by Crippen LogP contribution is 2.66. The Hall–Kier alpha value is -2.95. The third-order valence-corrected chi connectivity index (χ3v) is 11.4. The lowest BCUT2D eigenvalue weighted by atomic mass is 9.67. The van der Waals surface area contributed by atoms with Gasteiger partial charge in [-0.2, -0.15) is 22.9 Å². The molecule has 2 aliphatic heterocycles. The monoisotopic (exact) mass is 518 g/mol. The first kappa shape index (κ1) is 22.1. The number of hydrogen-bond donors (Lipinski definition) is 1. The van der Waals surface area contributed by atoms with Crippen molar-refractivity contribution >= 4 is 37.7 Å². The lowest BCUT2D eigenvalue weighted by Crippen LogP contribution is -2.54. The lowest BCUT2D eigenvalue weighted by molar-refractivity contribution is 0.0725. The first-order valence-electron chi connectivity index (χ1n) is 13.3. The van der Waals surface area contributed by atoms with Crippen molar-refractivity contribution < 1.29 is 13.2 Å². The zero-order valence-electron chi connectivity index (χ0n) is 20.7. The average Bonchev–Trinajstić information content (AvgIpc) is 3.72. The van der Waals surface area contributed by atoms with Crippen molar-refractivity contribution in [1.82, 2.24) is 24.3 Å². The number of benzene rings is 2. The minimum absolute atomic E-state index is 0.219. The highest BCUT2D eigenvalue weighted by Gasteiger charge is 2.58. The third kappa shape index (κ3) is 3.00. The predicted molar refractivity (Wildman–Crippen MR) is 140 cm³/mol. The van der Waals surface area contributed by atoms with Crippen LogP contribution in [0, 0.1) is 17.8 Å². The number of rotatable bonds is 3. The molecule has 2 aromatic heterocycles. The van der Waals surface area contributed by atoms with E-state index in [-0.39, 0.29) is 12.0 Å². The largest absolute Gasteiger partial charge is 0.379 e. The summed E-state index contributed by atoms with van der Waals surface area (Å²) in [5, 5.41) is 14.0. The van der Waals surface area contributed by atoms with E-state index in [2.05, 4.69) is 33.5 Å². The first-order valence-corrected chi connectivity index (χ1v) is 14.7. The van der Waals surface area contributed by atoms with Crippen LogP contribution in [0.3, 0.4) is 0 Å². The van der Waals surface area contributed by atoms with Gasteiger partial charge in [0.25, 0.3) is 0 Å². The van der Waals surface area contributed by atoms with Crippen LogP contribution in [0.2, 0.25) is 0 Å². The SMILES string of the molecule is Cn1ncc2cc([C@H]3[C@@H]4C5CCC(C5)[C@@H]4c4c(ccc5[nH]ncc45)N3S(=O)(=O)N3CCOCC3)ccc21. The quantitative estimate of drug-likeness (QED) is 0.446. The fraction of sp³-hybridized carbons (Fsp3) is 0.481. The second kappa shape index (κ2) is 7.78. The molecule has 1 saturated heterocycles. The van der Waals surface area contributed by atoms with E-state index in [4.69, 9.17) is 4.74 Å². The van der Waals surface area contributed by atoms with Gasteiger partial charge < -0.3 is 4.74 Å². The van der Waals surface area contributed by atoms with Crippen LogP contribution in [0.1, 0.15) is 42.3 Å². The Balaban J connectivity index is 1.40. The summed E-state index contributed by atoms with van der Waals surface area (Å²) < 4.78 is 39.9. The summed E-state index contributed by atoms with van der Waals surface area (Å²) in [4.78, 5) is 0. The molecule has 192 valence electrons. The van der Waals surface area contributed by atoms with Gasteiger partial charge in [-0.05, 0) is 78.3 Å². The normalized spacial score (nSPS) is 29.8. The van der Waals surface area contributed by atoms with Gasteiger partial charge in [0.15, 0.2) is 0 Å². The van der Waals surface area contributed by atoms with Crippen LogP contribution >= 0.6 is 0 Å². The van der Waals surface area contributed by atoms with Crippen LogP contribution in [0.5, 0.6) is 0 Å². The fourth-order valence-electron chi connectivity index (χ4n) is 7.99. The smallest absolute Gasteiger partial charge is 0.304 e. The van der Waals surface area contributed by atoms with Crippen LogP contribution in [0.25, 0.3) is 21.8 Å². The minimum atomic E-state index is -3.82. The van der Waals surface area contributed by atoms with E-state index in [1.807, 2.05) is 36.3 Å². The number of morpholine rings is 1. The molecule has 8 rings (SSSR count). The van der Waals surface area contributed by atoms with E-state index in [1.54, 1.807) is 8.61 Å². The van der Waals surface area contributed by atoms with Crippen molar-refractivity contribution in [3.05, 3.63) is 53.9 Å². The second-order valence-corrected chi connectivity index (χ2v) is 12.9. The molecule has 2 bridgehead atoms. The van der Waals surface area contributed by atoms with Crippen molar-refractivity contribution in [3.8, 4) is 0 Å². The molecular formula is C27H30N6O3S. The summed E-state index contributed by atoms with van der Waals surface area (Å²) in [6, 6.07) is 10.1. The average molecular weight is 519 g/mol. The molecule has 4 aromatic rings. The molecule has 0 amide bonds. The van der Waals surface area contributed by atoms with E-state index in [1.165, 1.54) is 24.8 Å². The molecule has 4 heterocycles. The van der Waals surface area contributed by atoms with E-state index >= 15 is 0 Å². The molecule has 1 N–H and O–H groups in total. The van der Waals surface area contributed by atoms with Gasteiger partial charge in [-0.15, -0.1) is 0 Å². The third-order valence-electron chi connectivity index (χ3n) is 9.47. The summed E-state index contributed by atoms with van der Waals surface area (Å²) in [6.45, 7) is 1.58. The van der Waals surface area contributed by atoms with Crippen LogP contribution in [-0.2, 0) is 22.0 Å². The van der Waals surface area contributed by atoms with Crippen molar-refractivity contribution in [2.45, 2.75) is 31.2 Å². The lowest BCUT2D eigenvalue weighted by Gasteiger charge is -2.50. The maximum absolute atomic E-state index is 14.6. The Bertz CT molecular complexity index is 1640. The van der Waals surface area contributed by atoms with Gasteiger partial charge in [-0.3, -0.25) is 9.78 Å². The Morgan fingerprint density at radius 1 is 1.05 bits per heavy atom. The fourth-order valence-corrected chi connectivity index (χ4v) is 9.80. The van der Waals surface area contributed by atoms with E-state index in [0.29, 0.717) is 44.1 Å². The zero-order chi connectivity index (χ0) is 24.9. The van der Waals surface area contributed by atoms with Crippen LogP contribution < -0.4 is 4.31 Å². The summed E-state index contributed by atoms with van der Waals surface area (Å²) in [7, 11) is -1.88. The Morgan fingerprint density at radius 2 is 1.89 bits per heavy atom. The molecule has 2 aromatic carbocycles. The molecule has 0 radical (unpaired) electrons. The standard InChI is InChI=1S/C27H30N6O3S/c1-31-22-6-4-18(13-19(22)14-29-31)27-25-17-3-2-16(12-17)24(25)26-20-15-28-30-21(20)5-7-23(26)33(27)37(34,35)32-8-10-36-11-9-32/h4-7,13-17,24-25,27H,2-3,8-12H2,1H3,(H,28,30)/t16?,17?,24-,25+,27-/m0/s1. The molecule has 2 aliphatic carbocycles. The molecule has 2 saturated carbocycles. The molecule has 10 heteroatoms. The molecule has 0 spiro atoms. The zero-order valence-corrected chi connectivity index (χ0v) is 21.6.